The van der Waals surface area contributed by atoms with Crippen LogP contribution in [0.15, 0.2) is 30.5 Å². The smallest absolute Gasteiger partial charge is 0.391 e. The summed E-state index contributed by atoms with van der Waals surface area (Å²) in [5, 5.41) is 23.7. The van der Waals surface area contributed by atoms with Gasteiger partial charge in [0.25, 0.3) is 5.91 Å². The van der Waals surface area contributed by atoms with Gasteiger partial charge in [0.2, 0.25) is 11.8 Å². The van der Waals surface area contributed by atoms with Gasteiger partial charge in [-0.05, 0) is 30.4 Å². The predicted molar refractivity (Wildman–Crippen MR) is 133 cm³/mol. The summed E-state index contributed by atoms with van der Waals surface area (Å²) in [6.07, 6.45) is -1.72. The highest BCUT2D eigenvalue weighted by Crippen LogP contribution is 2.40. The van der Waals surface area contributed by atoms with Crippen molar-refractivity contribution >= 4 is 17.7 Å². The van der Waals surface area contributed by atoms with Crippen LogP contribution in [0, 0.1) is 5.41 Å². The molecule has 1 saturated heterocycles. The molecule has 1 saturated carbocycles. The summed E-state index contributed by atoms with van der Waals surface area (Å²) in [6, 6.07) is 2.72. The Labute approximate surface area is 223 Å². The highest BCUT2D eigenvalue weighted by atomic mass is 19.4. The number of nitrogens with zero attached hydrogens (tertiary/aromatic N) is 4. The zero-order valence-corrected chi connectivity index (χ0v) is 22.0. The van der Waals surface area contributed by atoms with E-state index in [9.17, 15) is 32.7 Å². The monoisotopic (exact) mass is 550 g/mol. The molecule has 3 N–H and O–H groups in total. The molecular weight excluding hydrogens is 517 g/mol. The Kier molecular flexibility index (Phi) is 8.01. The minimum atomic E-state index is -4.68. The molecule has 1 aliphatic heterocycles. The van der Waals surface area contributed by atoms with E-state index in [1.807, 2.05) is 20.8 Å². The lowest BCUT2D eigenvalue weighted by molar-refractivity contribution is -0.144. The average molecular weight is 551 g/mol. The van der Waals surface area contributed by atoms with E-state index < -0.39 is 52.7 Å². The zero-order valence-electron chi connectivity index (χ0n) is 22.0. The summed E-state index contributed by atoms with van der Waals surface area (Å²) in [5.74, 6) is -1.47. The Morgan fingerprint density at radius 1 is 1.10 bits per heavy atom. The van der Waals surface area contributed by atoms with Crippen LogP contribution in [-0.2, 0) is 15.8 Å². The molecule has 1 aromatic carbocycles. The number of nitrogens with one attached hydrogen (secondary N) is 2. The second kappa shape index (κ2) is 10.9. The Morgan fingerprint density at radius 3 is 2.41 bits per heavy atom. The summed E-state index contributed by atoms with van der Waals surface area (Å²) in [6.45, 7) is 5.41. The van der Waals surface area contributed by atoms with E-state index in [4.69, 9.17) is 0 Å². The predicted octanol–water partition coefficient (Wildman–Crippen LogP) is 2.27. The van der Waals surface area contributed by atoms with E-state index in [0.717, 1.165) is 30.7 Å². The van der Waals surface area contributed by atoms with Crippen molar-refractivity contribution in [1.29, 1.82) is 0 Å². The maximum absolute atomic E-state index is 13.7. The standard InChI is InChI=1S/C26H33F3N6O4/c1-25(2,3)21(35-14-19(32-33-35)15-8-9-15)24(39)34-13-16(36)12-20(34)23(38)31-11-10-30-22(37)17-6-4-5-7-18(17)26(27,28)29/h4-7,14-16,20-21,36H,8-13H2,1-3H3,(H,30,37)(H,31,38)/t16?,20?,21-/m1/s1. The number of aliphatic hydroxyl groups excluding tert-OH is 1. The van der Waals surface area contributed by atoms with Crippen molar-refractivity contribution in [2.45, 2.75) is 70.3 Å². The van der Waals surface area contributed by atoms with Crippen molar-refractivity contribution in [3.63, 3.8) is 0 Å². The number of carbonyl (C=O) groups excluding carboxylic acids is 3. The third-order valence-electron chi connectivity index (χ3n) is 6.89. The molecule has 4 rings (SSSR count). The summed E-state index contributed by atoms with van der Waals surface area (Å²) in [7, 11) is 0. The van der Waals surface area contributed by atoms with Crippen molar-refractivity contribution < 1.29 is 32.7 Å². The Balaban J connectivity index is 1.38. The molecule has 10 nitrogen and oxygen atoms in total. The number of aromatic nitrogens is 3. The fourth-order valence-corrected chi connectivity index (χ4v) is 4.83. The molecule has 0 spiro atoms. The molecule has 39 heavy (non-hydrogen) atoms. The van der Waals surface area contributed by atoms with Crippen LogP contribution in [0.25, 0.3) is 0 Å². The van der Waals surface area contributed by atoms with E-state index in [-0.39, 0.29) is 32.0 Å². The first-order valence-corrected chi connectivity index (χ1v) is 12.9. The van der Waals surface area contributed by atoms with Crippen molar-refractivity contribution in [1.82, 2.24) is 30.5 Å². The van der Waals surface area contributed by atoms with Crippen molar-refractivity contribution in [3.8, 4) is 0 Å². The third-order valence-corrected chi connectivity index (χ3v) is 6.89. The largest absolute Gasteiger partial charge is 0.417 e. The number of halogens is 3. The number of benzene rings is 1. The second-order valence-corrected chi connectivity index (χ2v) is 11.2. The quantitative estimate of drug-likeness (QED) is 0.433. The van der Waals surface area contributed by atoms with E-state index in [1.165, 1.54) is 21.7 Å². The molecule has 13 heteroatoms. The first-order chi connectivity index (χ1) is 18.3. The van der Waals surface area contributed by atoms with Gasteiger partial charge in [-0.25, -0.2) is 4.68 Å². The molecule has 2 fully saturated rings. The van der Waals surface area contributed by atoms with E-state index in [2.05, 4.69) is 20.9 Å². The van der Waals surface area contributed by atoms with Crippen LogP contribution in [-0.4, -0.2) is 74.5 Å². The number of aliphatic hydroxyl groups is 1. The van der Waals surface area contributed by atoms with Crippen LogP contribution in [0.3, 0.4) is 0 Å². The number of rotatable bonds is 8. The molecule has 2 unspecified atom stereocenters. The van der Waals surface area contributed by atoms with Gasteiger partial charge in [0.05, 0.1) is 22.9 Å². The molecule has 212 valence electrons. The van der Waals surface area contributed by atoms with Crippen LogP contribution < -0.4 is 10.6 Å². The first kappa shape index (κ1) is 28.5. The van der Waals surface area contributed by atoms with Gasteiger partial charge >= 0.3 is 6.18 Å². The number of hydrogen-bond donors (Lipinski definition) is 3. The minimum absolute atomic E-state index is 0.0291. The number of β-amino-alcohol motifs (C(OH)–C–C–N with tert-alkyl or cyclic N) is 1. The number of alkyl halides is 3. The van der Waals surface area contributed by atoms with Crippen LogP contribution in [0.1, 0.15) is 73.6 Å². The van der Waals surface area contributed by atoms with Gasteiger partial charge in [-0.1, -0.05) is 38.1 Å². The van der Waals surface area contributed by atoms with Gasteiger partial charge in [-0.3, -0.25) is 14.4 Å². The Morgan fingerprint density at radius 2 is 1.77 bits per heavy atom. The van der Waals surface area contributed by atoms with Crippen LogP contribution in [0.4, 0.5) is 13.2 Å². The number of amides is 3. The summed E-state index contributed by atoms with van der Waals surface area (Å²) in [5.41, 5.74) is -1.31. The molecule has 2 heterocycles. The lowest BCUT2D eigenvalue weighted by Crippen LogP contribution is -2.51. The Hall–Kier alpha value is -3.48. The van der Waals surface area contributed by atoms with Gasteiger partial charge in [0.15, 0.2) is 0 Å². The van der Waals surface area contributed by atoms with E-state index in [1.54, 1.807) is 6.20 Å². The first-order valence-electron chi connectivity index (χ1n) is 12.9. The molecule has 0 bridgehead atoms. The number of hydrogen-bond acceptors (Lipinski definition) is 6. The van der Waals surface area contributed by atoms with Crippen molar-refractivity contribution in [3.05, 3.63) is 47.3 Å². The average Bonchev–Trinajstić information content (AvgIpc) is 3.47. The highest BCUT2D eigenvalue weighted by molar-refractivity contribution is 5.96. The molecule has 2 aromatic rings. The second-order valence-electron chi connectivity index (χ2n) is 11.2. The molecule has 1 aliphatic carbocycles. The summed E-state index contributed by atoms with van der Waals surface area (Å²) >= 11 is 0. The molecule has 2 aliphatic rings. The number of carbonyl (C=O) groups is 3. The van der Waals surface area contributed by atoms with Crippen LogP contribution in [0.2, 0.25) is 0 Å². The lowest BCUT2D eigenvalue weighted by Gasteiger charge is -2.34. The fourth-order valence-electron chi connectivity index (χ4n) is 4.83. The minimum Gasteiger partial charge on any atom is -0.391 e. The molecular formula is C26H33F3N6O4. The van der Waals surface area contributed by atoms with Gasteiger partial charge in [-0.2, -0.15) is 13.2 Å². The van der Waals surface area contributed by atoms with Crippen molar-refractivity contribution in [2.75, 3.05) is 19.6 Å². The third kappa shape index (κ3) is 6.57. The van der Waals surface area contributed by atoms with Gasteiger partial charge in [0.1, 0.15) is 12.1 Å². The van der Waals surface area contributed by atoms with E-state index >= 15 is 0 Å². The van der Waals surface area contributed by atoms with Crippen LogP contribution >= 0.6 is 0 Å². The highest BCUT2D eigenvalue weighted by Gasteiger charge is 2.45. The molecule has 3 amide bonds. The van der Waals surface area contributed by atoms with Crippen LogP contribution in [0.5, 0.6) is 0 Å². The molecule has 0 radical (unpaired) electrons. The fraction of sp³-hybridized carbons (Fsp3) is 0.577. The Bertz CT molecular complexity index is 1220. The summed E-state index contributed by atoms with van der Waals surface area (Å²) < 4.78 is 41.1. The normalized spacial score (nSPS) is 20.5. The van der Waals surface area contributed by atoms with Gasteiger partial charge in [-0.15, -0.1) is 5.10 Å². The molecule has 3 atom stereocenters. The van der Waals surface area contributed by atoms with Gasteiger partial charge < -0.3 is 20.6 Å². The molecule has 1 aromatic heterocycles. The topological polar surface area (TPSA) is 129 Å². The SMILES string of the molecule is CC(C)(C)[C@@H](C(=O)N1CC(O)CC1C(=O)NCCNC(=O)c1ccccc1C(F)(F)F)n1cc(C2CC2)nn1. The summed E-state index contributed by atoms with van der Waals surface area (Å²) in [4.78, 5) is 40.4. The maximum Gasteiger partial charge on any atom is 0.417 e. The zero-order chi connectivity index (χ0) is 28.5. The van der Waals surface area contributed by atoms with Gasteiger partial charge in [0, 0.05) is 38.2 Å². The van der Waals surface area contributed by atoms with Crippen molar-refractivity contribution in [2.24, 2.45) is 5.41 Å². The van der Waals surface area contributed by atoms with E-state index in [0.29, 0.717) is 5.92 Å². The lowest BCUT2D eigenvalue weighted by atomic mass is 9.85. The maximum atomic E-state index is 13.7. The number of likely N-dealkylation sites (tertiary alicyclic amines) is 1.